The lowest BCUT2D eigenvalue weighted by atomic mass is 10.2. The molecule has 8 heteroatoms. The van der Waals surface area contributed by atoms with Crippen molar-refractivity contribution in [3.8, 4) is 5.69 Å². The van der Waals surface area contributed by atoms with Crippen LogP contribution >= 0.6 is 23.4 Å². The van der Waals surface area contributed by atoms with E-state index in [-0.39, 0.29) is 11.5 Å². The number of nitrogens with one attached hydrogen (secondary N) is 1. The molecule has 0 fully saturated rings. The minimum absolute atomic E-state index is 0.183. The number of fused-ring (bicyclic) bond motifs is 1. The summed E-state index contributed by atoms with van der Waals surface area (Å²) in [6.45, 7) is 4.03. The highest BCUT2D eigenvalue weighted by molar-refractivity contribution is 8.00. The van der Waals surface area contributed by atoms with Gasteiger partial charge in [-0.3, -0.25) is 14.2 Å². The van der Waals surface area contributed by atoms with E-state index >= 15 is 0 Å². The summed E-state index contributed by atoms with van der Waals surface area (Å²) in [5, 5.41) is 3.73. The number of halogens is 1. The molecule has 0 spiro atoms. The van der Waals surface area contributed by atoms with Gasteiger partial charge in [0.15, 0.2) is 5.16 Å². The molecular weight excluding hydrogens is 434 g/mol. The highest BCUT2D eigenvalue weighted by Gasteiger charge is 2.20. The Balaban J connectivity index is 1.72. The summed E-state index contributed by atoms with van der Waals surface area (Å²) < 4.78 is 6.80. The number of aryl methyl sites for hydroxylation is 1. The normalized spacial score (nSPS) is 12.1. The Morgan fingerprint density at radius 1 is 1.23 bits per heavy atom. The van der Waals surface area contributed by atoms with E-state index in [2.05, 4.69) is 10.3 Å². The molecule has 1 atom stereocenters. The molecule has 158 valence electrons. The number of amides is 1. The van der Waals surface area contributed by atoms with Crippen LogP contribution in [0.1, 0.15) is 18.2 Å². The molecule has 0 aliphatic carbocycles. The van der Waals surface area contributed by atoms with Gasteiger partial charge >= 0.3 is 0 Å². The first-order valence-corrected chi connectivity index (χ1v) is 10.9. The van der Waals surface area contributed by atoms with E-state index in [9.17, 15) is 9.59 Å². The summed E-state index contributed by atoms with van der Waals surface area (Å²) in [5.74, 6) is 0.485. The number of aromatic nitrogens is 2. The molecule has 0 saturated carbocycles. The number of nitrogens with zero attached hydrogens (tertiary/aromatic N) is 2. The van der Waals surface area contributed by atoms with Crippen molar-refractivity contribution in [2.45, 2.75) is 30.8 Å². The third-order valence-electron chi connectivity index (χ3n) is 4.73. The van der Waals surface area contributed by atoms with Crippen molar-refractivity contribution in [3.63, 3.8) is 0 Å². The molecule has 1 unspecified atom stereocenters. The zero-order valence-corrected chi connectivity index (χ0v) is 18.5. The molecule has 1 amide bonds. The van der Waals surface area contributed by atoms with Crippen LogP contribution < -0.4 is 10.9 Å². The monoisotopic (exact) mass is 453 g/mol. The van der Waals surface area contributed by atoms with Gasteiger partial charge in [0.2, 0.25) is 5.91 Å². The molecule has 6 nitrogen and oxygen atoms in total. The summed E-state index contributed by atoms with van der Waals surface area (Å²) in [5.41, 5.74) is 1.99. The van der Waals surface area contributed by atoms with Crippen LogP contribution in [0.4, 0.5) is 0 Å². The van der Waals surface area contributed by atoms with Crippen LogP contribution in [0.3, 0.4) is 0 Å². The Kier molecular flexibility index (Phi) is 6.15. The Labute approximate surface area is 188 Å². The number of benzene rings is 2. The standard InChI is InChI=1S/C23H20ClN3O3S/c1-14-5-3-6-17(11-14)27-22(29)19-9-8-16(24)12-20(19)26-23(27)31-15(2)21(28)25-13-18-7-4-10-30-18/h3-12,15H,13H2,1-2H3,(H,25,28). The van der Waals surface area contributed by atoms with Crippen LogP contribution in [0.25, 0.3) is 16.6 Å². The number of carbonyl (C=O) groups is 1. The van der Waals surface area contributed by atoms with Crippen LogP contribution in [-0.2, 0) is 11.3 Å². The van der Waals surface area contributed by atoms with Gasteiger partial charge in [-0.25, -0.2) is 4.98 Å². The first-order valence-electron chi connectivity index (χ1n) is 9.68. The fourth-order valence-electron chi connectivity index (χ4n) is 3.16. The summed E-state index contributed by atoms with van der Waals surface area (Å²) in [6, 6.07) is 16.2. The zero-order valence-electron chi connectivity index (χ0n) is 17.0. The van der Waals surface area contributed by atoms with Gasteiger partial charge in [-0.2, -0.15) is 0 Å². The Bertz CT molecular complexity index is 1300. The van der Waals surface area contributed by atoms with Gasteiger partial charge in [-0.15, -0.1) is 0 Å². The molecule has 4 rings (SSSR count). The third kappa shape index (κ3) is 4.68. The van der Waals surface area contributed by atoms with E-state index in [0.717, 1.165) is 5.56 Å². The second-order valence-electron chi connectivity index (χ2n) is 7.09. The lowest BCUT2D eigenvalue weighted by Crippen LogP contribution is -2.31. The number of hydrogen-bond donors (Lipinski definition) is 1. The van der Waals surface area contributed by atoms with E-state index < -0.39 is 5.25 Å². The van der Waals surface area contributed by atoms with Crippen molar-refractivity contribution in [1.82, 2.24) is 14.9 Å². The van der Waals surface area contributed by atoms with Gasteiger partial charge in [0.1, 0.15) is 5.76 Å². The predicted molar refractivity (Wildman–Crippen MR) is 123 cm³/mol. The Morgan fingerprint density at radius 3 is 2.81 bits per heavy atom. The molecule has 0 bridgehead atoms. The van der Waals surface area contributed by atoms with E-state index in [1.54, 1.807) is 48.1 Å². The quantitative estimate of drug-likeness (QED) is 0.337. The summed E-state index contributed by atoms with van der Waals surface area (Å²) in [7, 11) is 0. The van der Waals surface area contributed by atoms with E-state index in [1.165, 1.54) is 11.8 Å². The molecular formula is C23H20ClN3O3S. The number of furan rings is 1. The van der Waals surface area contributed by atoms with Gasteiger partial charge in [-0.05, 0) is 61.9 Å². The maximum absolute atomic E-state index is 13.4. The van der Waals surface area contributed by atoms with Crippen LogP contribution in [-0.4, -0.2) is 20.7 Å². The van der Waals surface area contributed by atoms with Crippen LogP contribution in [0.2, 0.25) is 5.02 Å². The van der Waals surface area contributed by atoms with E-state index in [4.69, 9.17) is 16.0 Å². The lowest BCUT2D eigenvalue weighted by molar-refractivity contribution is -0.120. The van der Waals surface area contributed by atoms with Crippen LogP contribution in [0.15, 0.2) is 75.2 Å². The fourth-order valence-corrected chi connectivity index (χ4v) is 4.27. The van der Waals surface area contributed by atoms with Crippen molar-refractivity contribution < 1.29 is 9.21 Å². The van der Waals surface area contributed by atoms with Crippen molar-refractivity contribution in [2.75, 3.05) is 0 Å². The summed E-state index contributed by atoms with van der Waals surface area (Å²) in [6.07, 6.45) is 1.56. The average molecular weight is 454 g/mol. The maximum Gasteiger partial charge on any atom is 0.266 e. The van der Waals surface area contributed by atoms with Crippen molar-refractivity contribution in [2.24, 2.45) is 0 Å². The topological polar surface area (TPSA) is 77.1 Å². The first-order chi connectivity index (χ1) is 14.9. The van der Waals surface area contributed by atoms with Crippen LogP contribution in [0.5, 0.6) is 0 Å². The molecule has 0 aliphatic rings. The van der Waals surface area contributed by atoms with Gasteiger partial charge < -0.3 is 9.73 Å². The SMILES string of the molecule is Cc1cccc(-n2c(SC(C)C(=O)NCc3ccco3)nc3cc(Cl)ccc3c2=O)c1. The lowest BCUT2D eigenvalue weighted by Gasteiger charge is -2.16. The van der Waals surface area contributed by atoms with Crippen molar-refractivity contribution in [1.29, 1.82) is 0 Å². The molecule has 31 heavy (non-hydrogen) atoms. The molecule has 2 heterocycles. The predicted octanol–water partition coefficient (Wildman–Crippen LogP) is 4.74. The minimum atomic E-state index is -0.491. The molecule has 2 aromatic heterocycles. The highest BCUT2D eigenvalue weighted by Crippen LogP contribution is 2.26. The molecule has 0 saturated heterocycles. The molecule has 1 N–H and O–H groups in total. The van der Waals surface area contributed by atoms with Crippen molar-refractivity contribution in [3.05, 3.63) is 87.6 Å². The first kappa shape index (κ1) is 21.2. The molecule has 4 aromatic rings. The minimum Gasteiger partial charge on any atom is -0.467 e. The van der Waals surface area contributed by atoms with Crippen molar-refractivity contribution >= 4 is 40.2 Å². The largest absolute Gasteiger partial charge is 0.467 e. The second-order valence-corrected chi connectivity index (χ2v) is 8.84. The second kappa shape index (κ2) is 8.99. The number of carbonyl (C=O) groups excluding carboxylic acids is 1. The third-order valence-corrected chi connectivity index (χ3v) is 6.02. The van der Waals surface area contributed by atoms with E-state index in [1.807, 2.05) is 31.2 Å². The fraction of sp³-hybridized carbons (Fsp3) is 0.174. The Hall–Kier alpha value is -3.03. The molecule has 0 aliphatic heterocycles. The highest BCUT2D eigenvalue weighted by atomic mass is 35.5. The van der Waals surface area contributed by atoms with E-state index in [0.29, 0.717) is 39.1 Å². The Morgan fingerprint density at radius 2 is 2.06 bits per heavy atom. The number of hydrogen-bond acceptors (Lipinski definition) is 5. The summed E-state index contributed by atoms with van der Waals surface area (Å²) >= 11 is 7.34. The van der Waals surface area contributed by atoms with Gasteiger partial charge in [0.05, 0.1) is 34.6 Å². The van der Waals surface area contributed by atoms with Crippen LogP contribution in [0, 0.1) is 6.92 Å². The zero-order chi connectivity index (χ0) is 22.0. The average Bonchev–Trinajstić information content (AvgIpc) is 3.25. The smallest absolute Gasteiger partial charge is 0.266 e. The molecule has 2 aromatic carbocycles. The number of thioether (sulfide) groups is 1. The van der Waals surface area contributed by atoms with Gasteiger partial charge in [-0.1, -0.05) is 35.5 Å². The van der Waals surface area contributed by atoms with Gasteiger partial charge in [0.25, 0.3) is 5.56 Å². The number of rotatable bonds is 6. The molecule has 0 radical (unpaired) electrons. The van der Waals surface area contributed by atoms with Gasteiger partial charge in [0, 0.05) is 5.02 Å². The maximum atomic E-state index is 13.4. The summed E-state index contributed by atoms with van der Waals surface area (Å²) in [4.78, 5) is 30.7.